The molecule has 2 rings (SSSR count). The van der Waals surface area contributed by atoms with Crippen LogP contribution in [0, 0.1) is 0 Å². The van der Waals surface area contributed by atoms with Gasteiger partial charge in [-0.25, -0.2) is 0 Å². The monoisotopic (exact) mass is 370 g/mol. The van der Waals surface area contributed by atoms with Crippen LogP contribution in [0.15, 0.2) is 60.7 Å². The van der Waals surface area contributed by atoms with Crippen LogP contribution in [0.4, 0.5) is 0 Å². The summed E-state index contributed by atoms with van der Waals surface area (Å²) < 4.78 is -1.91. The van der Waals surface area contributed by atoms with E-state index in [0.717, 1.165) is 0 Å². The molecule has 0 heterocycles. The first-order chi connectivity index (χ1) is 10.9. The third-order valence-corrected chi connectivity index (χ3v) is 3.60. The number of carbonyl (C=O) groups is 2. The average Bonchev–Trinajstić information content (AvgIpc) is 2.54. The maximum absolute atomic E-state index is 12.2. The second-order valence-electron chi connectivity index (χ2n) is 4.65. The smallest absolute Gasteiger partial charge is 0.252 e. The normalized spacial score (nSPS) is 11.1. The fraction of sp³-hybridized carbons (Fsp3) is 0.125. The highest BCUT2D eigenvalue weighted by Gasteiger charge is 2.35. The van der Waals surface area contributed by atoms with E-state index in [4.69, 9.17) is 34.8 Å². The lowest BCUT2D eigenvalue weighted by molar-refractivity contribution is 0.0885. The van der Waals surface area contributed by atoms with E-state index in [-0.39, 0.29) is 0 Å². The first-order valence-electron chi connectivity index (χ1n) is 6.66. The fourth-order valence-electron chi connectivity index (χ4n) is 1.81. The highest BCUT2D eigenvalue weighted by molar-refractivity contribution is 6.68. The molecule has 0 unspecified atom stereocenters. The first kappa shape index (κ1) is 17.6. The van der Waals surface area contributed by atoms with Crippen molar-refractivity contribution in [2.75, 3.05) is 0 Å². The van der Waals surface area contributed by atoms with Crippen LogP contribution in [0.5, 0.6) is 0 Å². The van der Waals surface area contributed by atoms with Crippen LogP contribution in [-0.4, -0.2) is 21.8 Å². The van der Waals surface area contributed by atoms with Crippen LogP contribution in [0.1, 0.15) is 20.7 Å². The SMILES string of the molecule is O=C(NC(NC(=O)c1ccccc1)C(Cl)(Cl)Cl)c1ccccc1. The van der Waals surface area contributed by atoms with Crippen molar-refractivity contribution in [3.63, 3.8) is 0 Å². The van der Waals surface area contributed by atoms with Gasteiger partial charge in [-0.15, -0.1) is 0 Å². The molecule has 0 saturated heterocycles. The molecule has 4 nitrogen and oxygen atoms in total. The van der Waals surface area contributed by atoms with Crippen molar-refractivity contribution < 1.29 is 9.59 Å². The number of alkyl halides is 3. The lowest BCUT2D eigenvalue weighted by Crippen LogP contribution is -2.55. The van der Waals surface area contributed by atoms with Crippen LogP contribution >= 0.6 is 34.8 Å². The topological polar surface area (TPSA) is 58.2 Å². The number of benzene rings is 2. The Morgan fingerprint density at radius 3 is 1.39 bits per heavy atom. The number of nitrogens with one attached hydrogen (secondary N) is 2. The molecule has 2 amide bonds. The zero-order valence-electron chi connectivity index (χ0n) is 11.8. The Kier molecular flexibility index (Phi) is 5.88. The van der Waals surface area contributed by atoms with Gasteiger partial charge in [-0.1, -0.05) is 71.2 Å². The van der Waals surface area contributed by atoms with Crippen LogP contribution in [0.2, 0.25) is 0 Å². The van der Waals surface area contributed by atoms with Crippen molar-refractivity contribution >= 4 is 46.6 Å². The van der Waals surface area contributed by atoms with Gasteiger partial charge in [-0.05, 0) is 24.3 Å². The van der Waals surface area contributed by atoms with Gasteiger partial charge in [-0.3, -0.25) is 9.59 Å². The molecule has 0 radical (unpaired) electrons. The molecule has 120 valence electrons. The zero-order valence-corrected chi connectivity index (χ0v) is 14.1. The molecule has 2 aromatic carbocycles. The third kappa shape index (κ3) is 5.13. The van der Waals surface area contributed by atoms with Gasteiger partial charge in [-0.2, -0.15) is 0 Å². The molecular weight excluding hydrogens is 359 g/mol. The molecule has 7 heteroatoms. The van der Waals surface area contributed by atoms with E-state index in [2.05, 4.69) is 10.6 Å². The molecule has 0 fully saturated rings. The lowest BCUT2D eigenvalue weighted by atomic mass is 10.2. The summed E-state index contributed by atoms with van der Waals surface area (Å²) in [4.78, 5) is 24.4. The minimum Gasteiger partial charge on any atom is -0.328 e. The molecule has 2 aromatic rings. The summed E-state index contributed by atoms with van der Waals surface area (Å²) in [5.41, 5.74) is 0.779. The molecule has 0 aliphatic rings. The van der Waals surface area contributed by atoms with Gasteiger partial charge in [0.2, 0.25) is 3.79 Å². The molecule has 0 bridgehead atoms. The third-order valence-electron chi connectivity index (χ3n) is 2.95. The number of amides is 2. The fourth-order valence-corrected chi connectivity index (χ4v) is 2.13. The van der Waals surface area contributed by atoms with E-state index in [1.807, 2.05) is 0 Å². The van der Waals surface area contributed by atoms with Crippen LogP contribution in [0.3, 0.4) is 0 Å². The Morgan fingerprint density at radius 1 is 0.739 bits per heavy atom. The number of rotatable bonds is 4. The summed E-state index contributed by atoms with van der Waals surface area (Å²) >= 11 is 17.6. The van der Waals surface area contributed by atoms with Gasteiger partial charge in [0.05, 0.1) is 0 Å². The van der Waals surface area contributed by atoms with E-state index in [9.17, 15) is 9.59 Å². The Hall–Kier alpha value is -1.75. The standard InChI is InChI=1S/C16H13Cl3N2O2/c17-16(18,19)15(20-13(22)11-7-3-1-4-8-11)21-14(23)12-9-5-2-6-10-12/h1-10,15H,(H,20,22)(H,21,23). The molecule has 0 atom stereocenters. The van der Waals surface area contributed by atoms with E-state index < -0.39 is 21.8 Å². The predicted octanol–water partition coefficient (Wildman–Crippen LogP) is 3.54. The zero-order chi connectivity index (χ0) is 16.9. The average molecular weight is 372 g/mol. The summed E-state index contributed by atoms with van der Waals surface area (Å²) in [6.07, 6.45) is -1.19. The summed E-state index contributed by atoms with van der Waals surface area (Å²) in [6.45, 7) is 0. The summed E-state index contributed by atoms with van der Waals surface area (Å²) in [5, 5.41) is 5.01. The quantitative estimate of drug-likeness (QED) is 0.638. The number of hydrogen-bond acceptors (Lipinski definition) is 2. The second-order valence-corrected chi connectivity index (χ2v) is 7.02. The van der Waals surface area contributed by atoms with Gasteiger partial charge in [0.25, 0.3) is 11.8 Å². The molecule has 0 saturated carbocycles. The van der Waals surface area contributed by atoms with Crippen molar-refractivity contribution in [2.24, 2.45) is 0 Å². The van der Waals surface area contributed by atoms with Gasteiger partial charge < -0.3 is 10.6 Å². The lowest BCUT2D eigenvalue weighted by Gasteiger charge is -2.26. The van der Waals surface area contributed by atoms with Crippen LogP contribution in [0.25, 0.3) is 0 Å². The van der Waals surface area contributed by atoms with E-state index in [1.54, 1.807) is 60.7 Å². The molecule has 0 aliphatic heterocycles. The van der Waals surface area contributed by atoms with E-state index in [1.165, 1.54) is 0 Å². The van der Waals surface area contributed by atoms with Crippen molar-refractivity contribution in [2.45, 2.75) is 9.96 Å². The van der Waals surface area contributed by atoms with Crippen molar-refractivity contribution in [1.29, 1.82) is 0 Å². The first-order valence-corrected chi connectivity index (χ1v) is 7.80. The van der Waals surface area contributed by atoms with Gasteiger partial charge in [0.15, 0.2) is 0 Å². The Balaban J connectivity index is 2.12. The number of halogens is 3. The Morgan fingerprint density at radius 2 is 1.09 bits per heavy atom. The summed E-state index contributed by atoms with van der Waals surface area (Å²) in [6, 6.07) is 16.9. The maximum Gasteiger partial charge on any atom is 0.252 e. The maximum atomic E-state index is 12.2. The molecule has 2 N–H and O–H groups in total. The van der Waals surface area contributed by atoms with Crippen LogP contribution < -0.4 is 10.6 Å². The largest absolute Gasteiger partial charge is 0.328 e. The highest BCUT2D eigenvalue weighted by Crippen LogP contribution is 2.29. The van der Waals surface area contributed by atoms with Crippen LogP contribution in [-0.2, 0) is 0 Å². The number of carbonyl (C=O) groups excluding carboxylic acids is 2. The molecule has 0 aliphatic carbocycles. The van der Waals surface area contributed by atoms with Gasteiger partial charge in [0, 0.05) is 11.1 Å². The molecule has 23 heavy (non-hydrogen) atoms. The second kappa shape index (κ2) is 7.68. The summed E-state index contributed by atoms with van der Waals surface area (Å²) in [5.74, 6) is -0.925. The number of hydrogen-bond donors (Lipinski definition) is 2. The Labute approximate surface area is 148 Å². The highest BCUT2D eigenvalue weighted by atomic mass is 35.6. The Bertz CT molecular complexity index is 619. The van der Waals surface area contributed by atoms with Gasteiger partial charge in [0.1, 0.15) is 6.17 Å². The molecule has 0 spiro atoms. The van der Waals surface area contributed by atoms with E-state index >= 15 is 0 Å². The molecule has 0 aromatic heterocycles. The van der Waals surface area contributed by atoms with Crippen molar-refractivity contribution in [3.05, 3.63) is 71.8 Å². The van der Waals surface area contributed by atoms with Crippen molar-refractivity contribution in [3.8, 4) is 0 Å². The van der Waals surface area contributed by atoms with E-state index in [0.29, 0.717) is 11.1 Å². The summed E-state index contributed by atoms with van der Waals surface area (Å²) in [7, 11) is 0. The predicted molar refractivity (Wildman–Crippen MR) is 91.9 cm³/mol. The van der Waals surface area contributed by atoms with Gasteiger partial charge >= 0.3 is 0 Å². The minimum atomic E-state index is -1.91. The minimum absolute atomic E-state index is 0.390. The van der Waals surface area contributed by atoms with Crippen molar-refractivity contribution in [1.82, 2.24) is 10.6 Å². The molecular formula is C16H13Cl3N2O2.